The predicted octanol–water partition coefficient (Wildman–Crippen LogP) is 2.57. The molecule has 3 aromatic rings. The summed E-state index contributed by atoms with van der Waals surface area (Å²) in [4.78, 5) is 27.2. The van der Waals surface area contributed by atoms with Crippen LogP contribution in [0.3, 0.4) is 0 Å². The lowest BCUT2D eigenvalue weighted by Crippen LogP contribution is -2.46. The van der Waals surface area contributed by atoms with Crippen molar-refractivity contribution >= 4 is 11.9 Å². The normalized spacial score (nSPS) is 19.4. The molecule has 1 atom stereocenters. The van der Waals surface area contributed by atoms with Crippen LogP contribution in [-0.4, -0.2) is 27.0 Å². The van der Waals surface area contributed by atoms with Gasteiger partial charge in [-0.15, -0.1) is 10.2 Å². The Labute approximate surface area is 156 Å². The van der Waals surface area contributed by atoms with Crippen LogP contribution in [0, 0.1) is 6.92 Å². The molecule has 1 aliphatic rings. The highest BCUT2D eigenvalue weighted by molar-refractivity contribution is 6.07. The molecule has 0 saturated carbocycles. The van der Waals surface area contributed by atoms with E-state index in [-0.39, 0.29) is 18.3 Å². The highest BCUT2D eigenvalue weighted by Crippen LogP contribution is 2.33. The molecule has 2 aromatic carbocycles. The van der Waals surface area contributed by atoms with Crippen molar-refractivity contribution in [2.75, 3.05) is 0 Å². The van der Waals surface area contributed by atoms with Crippen LogP contribution in [0.4, 0.5) is 4.79 Å². The summed E-state index contributed by atoms with van der Waals surface area (Å²) in [5.74, 6) is 0.272. The second-order valence-electron chi connectivity index (χ2n) is 6.47. The maximum absolute atomic E-state index is 13.4. The van der Waals surface area contributed by atoms with E-state index in [1.54, 1.807) is 6.92 Å². The van der Waals surface area contributed by atoms with Gasteiger partial charge in [0, 0.05) is 13.3 Å². The van der Waals surface area contributed by atoms with Gasteiger partial charge in [0.15, 0.2) is 5.54 Å². The average Bonchev–Trinajstić information content (AvgIpc) is 3.20. The zero-order chi connectivity index (χ0) is 18.9. The Morgan fingerprint density at radius 1 is 1.00 bits per heavy atom. The number of imide groups is 1. The second-order valence-corrected chi connectivity index (χ2v) is 6.47. The van der Waals surface area contributed by atoms with E-state index in [1.165, 1.54) is 0 Å². The Bertz CT molecular complexity index is 971. The van der Waals surface area contributed by atoms with Gasteiger partial charge in [0.25, 0.3) is 5.91 Å². The van der Waals surface area contributed by atoms with E-state index in [0.29, 0.717) is 12.3 Å². The van der Waals surface area contributed by atoms with Crippen LogP contribution in [0.15, 0.2) is 65.1 Å². The number of hydrogen-bond donors (Lipinski definition) is 1. The number of urea groups is 1. The Kier molecular flexibility index (Phi) is 4.19. The number of hydrogen-bond acceptors (Lipinski definition) is 5. The summed E-state index contributed by atoms with van der Waals surface area (Å²) in [7, 11) is 0. The summed E-state index contributed by atoms with van der Waals surface area (Å²) in [5.41, 5.74) is 0.510. The molecule has 1 aliphatic heterocycles. The topological polar surface area (TPSA) is 88.3 Å². The fourth-order valence-electron chi connectivity index (χ4n) is 3.35. The molecule has 4 rings (SSSR count). The smallest absolute Gasteiger partial charge is 0.325 e. The minimum atomic E-state index is -1.17. The highest BCUT2D eigenvalue weighted by atomic mass is 16.4. The standard InChI is InChI=1S/C20H18N4O3/c1-14-22-23-17(27-14)13-24-18(25)20(21-19(24)26,16-10-6-3-7-11-16)12-15-8-4-2-5-9-15/h2-11H,12-13H2,1H3,(H,21,26)/t20-/m1/s1. The molecule has 0 aliphatic carbocycles. The van der Waals surface area contributed by atoms with E-state index in [2.05, 4.69) is 15.5 Å². The Morgan fingerprint density at radius 2 is 1.67 bits per heavy atom. The first-order chi connectivity index (χ1) is 13.1. The molecule has 1 N–H and O–H groups in total. The Balaban J connectivity index is 1.72. The fourth-order valence-corrected chi connectivity index (χ4v) is 3.35. The van der Waals surface area contributed by atoms with Gasteiger partial charge in [0.05, 0.1) is 0 Å². The van der Waals surface area contributed by atoms with Gasteiger partial charge in [0.2, 0.25) is 11.8 Å². The molecule has 2 heterocycles. The summed E-state index contributed by atoms with van der Waals surface area (Å²) >= 11 is 0. The number of nitrogens with zero attached hydrogens (tertiary/aromatic N) is 3. The molecular weight excluding hydrogens is 344 g/mol. The number of aryl methyl sites for hydroxylation is 1. The van der Waals surface area contributed by atoms with Gasteiger partial charge in [-0.05, 0) is 11.1 Å². The first-order valence-corrected chi connectivity index (χ1v) is 8.61. The quantitative estimate of drug-likeness (QED) is 0.705. The highest BCUT2D eigenvalue weighted by Gasteiger charge is 2.52. The minimum Gasteiger partial charge on any atom is -0.424 e. The van der Waals surface area contributed by atoms with Crippen LogP contribution in [0.5, 0.6) is 0 Å². The number of benzene rings is 2. The third kappa shape index (κ3) is 3.08. The van der Waals surface area contributed by atoms with Crippen LogP contribution in [0.25, 0.3) is 0 Å². The van der Waals surface area contributed by atoms with Gasteiger partial charge < -0.3 is 9.73 Å². The van der Waals surface area contributed by atoms with Crippen molar-refractivity contribution in [3.63, 3.8) is 0 Å². The van der Waals surface area contributed by atoms with Gasteiger partial charge in [-0.3, -0.25) is 9.69 Å². The van der Waals surface area contributed by atoms with E-state index in [4.69, 9.17) is 4.42 Å². The van der Waals surface area contributed by atoms with E-state index < -0.39 is 11.6 Å². The first kappa shape index (κ1) is 17.0. The number of carbonyl (C=O) groups excluding carboxylic acids is 2. The van der Waals surface area contributed by atoms with Crippen LogP contribution in [-0.2, 0) is 23.3 Å². The van der Waals surface area contributed by atoms with E-state index in [9.17, 15) is 9.59 Å². The van der Waals surface area contributed by atoms with Gasteiger partial charge >= 0.3 is 6.03 Å². The second kappa shape index (κ2) is 6.68. The third-order valence-electron chi connectivity index (χ3n) is 4.62. The maximum atomic E-state index is 13.4. The SMILES string of the molecule is Cc1nnc(CN2C(=O)N[C@](Cc3ccccc3)(c3ccccc3)C2=O)o1. The largest absolute Gasteiger partial charge is 0.424 e. The van der Waals surface area contributed by atoms with Gasteiger partial charge in [-0.1, -0.05) is 60.7 Å². The van der Waals surface area contributed by atoms with Crippen molar-refractivity contribution < 1.29 is 14.0 Å². The summed E-state index contributed by atoms with van der Waals surface area (Å²) in [5, 5.41) is 10.6. The predicted molar refractivity (Wildman–Crippen MR) is 96.4 cm³/mol. The summed E-state index contributed by atoms with van der Waals surface area (Å²) in [6.45, 7) is 1.60. The molecule has 1 saturated heterocycles. The van der Waals surface area contributed by atoms with Crippen LogP contribution < -0.4 is 5.32 Å². The van der Waals surface area contributed by atoms with E-state index in [0.717, 1.165) is 16.0 Å². The van der Waals surface area contributed by atoms with Crippen molar-refractivity contribution in [2.45, 2.75) is 25.4 Å². The molecule has 136 valence electrons. The zero-order valence-corrected chi connectivity index (χ0v) is 14.8. The van der Waals surface area contributed by atoms with Crippen LogP contribution >= 0.6 is 0 Å². The Morgan fingerprint density at radius 3 is 2.30 bits per heavy atom. The molecule has 0 spiro atoms. The molecule has 7 heteroatoms. The number of aromatic nitrogens is 2. The molecule has 7 nitrogen and oxygen atoms in total. The molecule has 1 aromatic heterocycles. The third-order valence-corrected chi connectivity index (χ3v) is 4.62. The lowest BCUT2D eigenvalue weighted by Gasteiger charge is -2.27. The monoisotopic (exact) mass is 362 g/mol. The zero-order valence-electron chi connectivity index (χ0n) is 14.8. The molecular formula is C20H18N4O3. The molecule has 1 fully saturated rings. The molecule has 0 unspecified atom stereocenters. The van der Waals surface area contributed by atoms with Crippen molar-refractivity contribution in [3.8, 4) is 0 Å². The maximum Gasteiger partial charge on any atom is 0.325 e. The molecule has 3 amide bonds. The number of carbonyl (C=O) groups is 2. The van der Waals surface area contributed by atoms with E-state index in [1.807, 2.05) is 60.7 Å². The van der Waals surface area contributed by atoms with Gasteiger partial charge in [-0.25, -0.2) is 4.79 Å². The summed E-state index contributed by atoms with van der Waals surface area (Å²) in [6.07, 6.45) is 0.349. The lowest BCUT2D eigenvalue weighted by atomic mass is 9.83. The first-order valence-electron chi connectivity index (χ1n) is 8.61. The van der Waals surface area contributed by atoms with E-state index >= 15 is 0 Å². The minimum absolute atomic E-state index is 0.0606. The molecule has 27 heavy (non-hydrogen) atoms. The average molecular weight is 362 g/mol. The van der Waals surface area contributed by atoms with Gasteiger partial charge in [-0.2, -0.15) is 0 Å². The van der Waals surface area contributed by atoms with Crippen LogP contribution in [0.1, 0.15) is 22.9 Å². The van der Waals surface area contributed by atoms with Crippen molar-refractivity contribution in [1.82, 2.24) is 20.4 Å². The van der Waals surface area contributed by atoms with Crippen molar-refractivity contribution in [2.24, 2.45) is 0 Å². The van der Waals surface area contributed by atoms with Crippen LogP contribution in [0.2, 0.25) is 0 Å². The lowest BCUT2D eigenvalue weighted by molar-refractivity contribution is -0.132. The van der Waals surface area contributed by atoms with Crippen molar-refractivity contribution in [3.05, 3.63) is 83.6 Å². The van der Waals surface area contributed by atoms with Gasteiger partial charge in [0.1, 0.15) is 6.54 Å². The fraction of sp³-hybridized carbons (Fsp3) is 0.200. The number of nitrogens with one attached hydrogen (secondary N) is 1. The molecule has 0 bridgehead atoms. The molecule has 0 radical (unpaired) electrons. The summed E-state index contributed by atoms with van der Waals surface area (Å²) in [6, 6.07) is 18.4. The number of rotatable bonds is 5. The Hall–Kier alpha value is -3.48. The summed E-state index contributed by atoms with van der Waals surface area (Å²) < 4.78 is 5.34. The number of amides is 3. The van der Waals surface area contributed by atoms with Crippen molar-refractivity contribution in [1.29, 1.82) is 0 Å².